The number of rotatable bonds is 4. The van der Waals surface area contributed by atoms with Crippen LogP contribution in [0, 0.1) is 29.6 Å². The Labute approximate surface area is 160 Å². The average molecular weight is 354 g/mol. The molecule has 0 radical (unpaired) electrons. The lowest BCUT2D eigenvalue weighted by molar-refractivity contribution is 0.367. The fraction of sp³-hybridized carbons (Fsp3) is 0.217. The number of piperazine rings is 1. The largest absolute Gasteiger partial charge is 0.368 e. The summed E-state index contributed by atoms with van der Waals surface area (Å²) in [6, 6.07) is 22.7. The van der Waals surface area contributed by atoms with Crippen molar-refractivity contribution >= 4 is 11.4 Å². The topological polar surface area (TPSA) is 54.1 Å². The van der Waals surface area contributed by atoms with E-state index in [0.717, 1.165) is 37.4 Å². The Hall–Kier alpha value is -3.50. The van der Waals surface area contributed by atoms with Crippen molar-refractivity contribution in [3.05, 3.63) is 83.4 Å². The molecule has 2 aromatic rings. The molecule has 0 amide bonds. The normalized spacial score (nSPS) is 14.3. The van der Waals surface area contributed by atoms with E-state index in [0.29, 0.717) is 0 Å². The standard InChI is InChI=1S/C23H22N4/c1-19-7-10-21(11-8-19)23(12-9-20(17-24)18-25)27-15-13-26(14-16-27)22-5-3-2-4-6-22/h2-12H,13-16H2,1H3/b23-12-. The van der Waals surface area contributed by atoms with Gasteiger partial charge in [0, 0.05) is 37.6 Å². The Kier molecular flexibility index (Phi) is 5.92. The molecule has 134 valence electrons. The van der Waals surface area contributed by atoms with E-state index >= 15 is 0 Å². The summed E-state index contributed by atoms with van der Waals surface area (Å²) in [5.41, 5.74) is 4.71. The second-order valence-corrected chi connectivity index (χ2v) is 6.53. The molecule has 1 saturated heterocycles. The van der Waals surface area contributed by atoms with Gasteiger partial charge in [0.25, 0.3) is 0 Å². The summed E-state index contributed by atoms with van der Waals surface area (Å²) < 4.78 is 0. The molecule has 1 fully saturated rings. The zero-order valence-electron chi connectivity index (χ0n) is 15.5. The van der Waals surface area contributed by atoms with Gasteiger partial charge in [-0.2, -0.15) is 10.5 Å². The Bertz CT molecular complexity index is 888. The van der Waals surface area contributed by atoms with Crippen molar-refractivity contribution in [3.63, 3.8) is 0 Å². The van der Waals surface area contributed by atoms with Crippen LogP contribution in [-0.4, -0.2) is 31.1 Å². The van der Waals surface area contributed by atoms with E-state index in [1.165, 1.54) is 11.3 Å². The molecule has 27 heavy (non-hydrogen) atoms. The third-order valence-electron chi connectivity index (χ3n) is 4.74. The van der Waals surface area contributed by atoms with E-state index in [-0.39, 0.29) is 5.57 Å². The van der Waals surface area contributed by atoms with E-state index < -0.39 is 0 Å². The van der Waals surface area contributed by atoms with Crippen LogP contribution >= 0.6 is 0 Å². The first kappa shape index (κ1) is 18.3. The van der Waals surface area contributed by atoms with Crippen molar-refractivity contribution in [2.75, 3.05) is 31.1 Å². The number of allylic oxidation sites excluding steroid dienone is 3. The van der Waals surface area contributed by atoms with Gasteiger partial charge in [-0.15, -0.1) is 0 Å². The van der Waals surface area contributed by atoms with E-state index in [9.17, 15) is 0 Å². The van der Waals surface area contributed by atoms with Gasteiger partial charge in [0.15, 0.2) is 0 Å². The van der Waals surface area contributed by atoms with Gasteiger partial charge in [0.1, 0.15) is 17.7 Å². The zero-order chi connectivity index (χ0) is 19.1. The highest BCUT2D eigenvalue weighted by molar-refractivity contribution is 5.67. The van der Waals surface area contributed by atoms with Crippen molar-refractivity contribution in [2.24, 2.45) is 0 Å². The third kappa shape index (κ3) is 4.57. The van der Waals surface area contributed by atoms with Gasteiger partial charge < -0.3 is 9.80 Å². The number of nitriles is 2. The van der Waals surface area contributed by atoms with E-state index in [1.807, 2.05) is 24.3 Å². The van der Waals surface area contributed by atoms with Crippen LogP contribution in [0.4, 0.5) is 5.69 Å². The van der Waals surface area contributed by atoms with Gasteiger partial charge in [-0.3, -0.25) is 0 Å². The maximum absolute atomic E-state index is 9.03. The molecular weight excluding hydrogens is 332 g/mol. The molecule has 0 saturated carbocycles. The van der Waals surface area contributed by atoms with Crippen molar-refractivity contribution < 1.29 is 0 Å². The van der Waals surface area contributed by atoms with Crippen LogP contribution in [0.25, 0.3) is 5.70 Å². The quantitative estimate of drug-likeness (QED) is 0.612. The van der Waals surface area contributed by atoms with Crippen LogP contribution in [0.5, 0.6) is 0 Å². The van der Waals surface area contributed by atoms with Gasteiger partial charge in [0.05, 0.1) is 0 Å². The van der Waals surface area contributed by atoms with Gasteiger partial charge in [-0.05, 0) is 36.8 Å². The van der Waals surface area contributed by atoms with Crippen LogP contribution in [0.1, 0.15) is 11.1 Å². The summed E-state index contributed by atoms with van der Waals surface area (Å²) in [5.74, 6) is 0. The molecule has 0 aliphatic carbocycles. The van der Waals surface area contributed by atoms with Crippen LogP contribution in [0.3, 0.4) is 0 Å². The van der Waals surface area contributed by atoms with Crippen molar-refractivity contribution in [1.82, 2.24) is 4.90 Å². The Morgan fingerprint density at radius 3 is 2.07 bits per heavy atom. The monoisotopic (exact) mass is 354 g/mol. The van der Waals surface area contributed by atoms with Crippen LogP contribution in [0.2, 0.25) is 0 Å². The van der Waals surface area contributed by atoms with E-state index in [1.54, 1.807) is 6.08 Å². The molecule has 0 atom stereocenters. The number of hydrogen-bond donors (Lipinski definition) is 0. The van der Waals surface area contributed by atoms with Gasteiger partial charge in [0.2, 0.25) is 0 Å². The highest BCUT2D eigenvalue weighted by Gasteiger charge is 2.19. The highest BCUT2D eigenvalue weighted by Crippen LogP contribution is 2.24. The molecule has 1 aliphatic heterocycles. The Morgan fingerprint density at radius 2 is 1.48 bits per heavy atom. The summed E-state index contributed by atoms with van der Waals surface area (Å²) in [6.07, 6.45) is 3.50. The second-order valence-electron chi connectivity index (χ2n) is 6.53. The Morgan fingerprint density at radius 1 is 0.852 bits per heavy atom. The first-order chi connectivity index (χ1) is 13.2. The summed E-state index contributed by atoms with van der Waals surface area (Å²) >= 11 is 0. The lowest BCUT2D eigenvalue weighted by atomic mass is 10.1. The van der Waals surface area contributed by atoms with Crippen molar-refractivity contribution in [2.45, 2.75) is 6.92 Å². The molecule has 1 aliphatic rings. The maximum atomic E-state index is 9.03. The van der Waals surface area contributed by atoms with E-state index in [2.05, 4.69) is 65.3 Å². The molecule has 0 bridgehead atoms. The molecule has 0 spiro atoms. The summed E-state index contributed by atoms with van der Waals surface area (Å²) in [5, 5.41) is 18.1. The lowest BCUT2D eigenvalue weighted by Gasteiger charge is -2.38. The van der Waals surface area contributed by atoms with Crippen LogP contribution < -0.4 is 4.90 Å². The van der Waals surface area contributed by atoms with Crippen molar-refractivity contribution in [1.29, 1.82) is 10.5 Å². The number of hydrogen-bond acceptors (Lipinski definition) is 4. The summed E-state index contributed by atoms with van der Waals surface area (Å²) in [6.45, 7) is 5.70. The number of para-hydroxylation sites is 1. The predicted octanol–water partition coefficient (Wildman–Crippen LogP) is 4.13. The fourth-order valence-electron chi connectivity index (χ4n) is 3.21. The lowest BCUT2D eigenvalue weighted by Crippen LogP contribution is -2.45. The molecule has 0 N–H and O–H groups in total. The summed E-state index contributed by atoms with van der Waals surface area (Å²) in [7, 11) is 0. The minimum atomic E-state index is 0.113. The highest BCUT2D eigenvalue weighted by atomic mass is 15.3. The molecule has 2 aromatic carbocycles. The molecule has 3 rings (SSSR count). The predicted molar refractivity (Wildman–Crippen MR) is 109 cm³/mol. The Balaban J connectivity index is 1.83. The fourth-order valence-corrected chi connectivity index (χ4v) is 3.21. The first-order valence-electron chi connectivity index (χ1n) is 9.05. The molecule has 1 heterocycles. The summed E-state index contributed by atoms with van der Waals surface area (Å²) in [4.78, 5) is 4.71. The van der Waals surface area contributed by atoms with Crippen LogP contribution in [0.15, 0.2) is 72.3 Å². The van der Waals surface area contributed by atoms with Gasteiger partial charge in [-0.25, -0.2) is 0 Å². The van der Waals surface area contributed by atoms with Crippen LogP contribution in [-0.2, 0) is 0 Å². The smallest absolute Gasteiger partial charge is 0.129 e. The third-order valence-corrected chi connectivity index (χ3v) is 4.74. The number of benzene rings is 2. The minimum absolute atomic E-state index is 0.113. The molecule has 4 heteroatoms. The molecular formula is C23H22N4. The van der Waals surface area contributed by atoms with Crippen molar-refractivity contribution in [3.8, 4) is 12.1 Å². The maximum Gasteiger partial charge on any atom is 0.129 e. The van der Waals surface area contributed by atoms with Gasteiger partial charge in [-0.1, -0.05) is 48.0 Å². The minimum Gasteiger partial charge on any atom is -0.368 e. The number of nitrogens with zero attached hydrogens (tertiary/aromatic N) is 4. The molecule has 0 aromatic heterocycles. The number of aryl methyl sites for hydroxylation is 1. The van der Waals surface area contributed by atoms with E-state index in [4.69, 9.17) is 10.5 Å². The zero-order valence-corrected chi connectivity index (χ0v) is 15.5. The second kappa shape index (κ2) is 8.74. The SMILES string of the molecule is Cc1ccc(/C(=C/C=C(C#N)C#N)N2CCN(c3ccccc3)CC2)cc1. The average Bonchev–Trinajstić information content (AvgIpc) is 2.73. The van der Waals surface area contributed by atoms with Gasteiger partial charge >= 0.3 is 0 Å². The molecule has 4 nitrogen and oxygen atoms in total. The first-order valence-corrected chi connectivity index (χ1v) is 9.05. The molecule has 0 unspecified atom stereocenters. The number of anilines is 1.